The first kappa shape index (κ1) is 50.9. The van der Waals surface area contributed by atoms with E-state index >= 15 is 0 Å². The van der Waals surface area contributed by atoms with Gasteiger partial charge in [0.15, 0.2) is 23.1 Å². The van der Waals surface area contributed by atoms with Crippen LogP contribution in [0.2, 0.25) is 10.0 Å². The smallest absolute Gasteiger partial charge is 0.269 e. The van der Waals surface area contributed by atoms with Crippen molar-refractivity contribution in [2.24, 2.45) is 0 Å². The third-order valence-corrected chi connectivity index (χ3v) is 12.5. The molecular formula is C47H37Br2Cl2F4N5O8S. The number of benzene rings is 6. The number of aromatic nitrogens is 4. The molecule has 0 aliphatic heterocycles. The van der Waals surface area contributed by atoms with Crippen LogP contribution in [0.3, 0.4) is 0 Å². The van der Waals surface area contributed by atoms with Crippen LogP contribution in [0.15, 0.2) is 117 Å². The molecular weight excluding hydrogens is 1100 g/mol. The van der Waals surface area contributed by atoms with Crippen LogP contribution in [0.4, 0.5) is 23.2 Å². The molecule has 0 fully saturated rings. The molecule has 8 aromatic rings. The first-order valence-corrected chi connectivity index (χ1v) is 24.0. The molecule has 0 spiro atoms. The van der Waals surface area contributed by atoms with Crippen LogP contribution in [0.25, 0.3) is 21.8 Å². The third kappa shape index (κ3) is 13.0. The third-order valence-electron chi connectivity index (χ3n) is 9.85. The number of nitro benzene ring substituents is 1. The van der Waals surface area contributed by atoms with Crippen molar-refractivity contribution in [2.75, 3.05) is 46.4 Å². The van der Waals surface area contributed by atoms with Crippen molar-refractivity contribution in [3.63, 3.8) is 0 Å². The lowest BCUT2D eigenvalue weighted by molar-refractivity contribution is -0.384. The van der Waals surface area contributed by atoms with Gasteiger partial charge in [-0.3, -0.25) is 19.5 Å². The molecule has 2 aromatic heterocycles. The van der Waals surface area contributed by atoms with Crippen molar-refractivity contribution in [3.05, 3.63) is 161 Å². The van der Waals surface area contributed by atoms with Gasteiger partial charge >= 0.3 is 0 Å². The number of methoxy groups -OCH3 is 1. The Balaban J connectivity index is 0.000000205. The number of hydrogen-bond donors (Lipinski definition) is 0. The van der Waals surface area contributed by atoms with Crippen LogP contribution in [0.1, 0.15) is 5.56 Å². The quantitative estimate of drug-likeness (QED) is 0.0252. The molecule has 8 rings (SSSR count). The topological polar surface area (TPSA) is 134 Å². The van der Waals surface area contributed by atoms with Crippen molar-refractivity contribution in [2.45, 2.75) is 18.0 Å². The van der Waals surface area contributed by atoms with E-state index in [4.69, 9.17) is 51.6 Å². The molecule has 0 aliphatic carbocycles. The lowest BCUT2D eigenvalue weighted by atomic mass is 10.2. The Bertz CT molecular complexity index is 3070. The average molecular weight is 1140 g/mol. The van der Waals surface area contributed by atoms with E-state index in [1.807, 2.05) is 41.3 Å². The Labute approximate surface area is 422 Å². The van der Waals surface area contributed by atoms with E-state index in [1.54, 1.807) is 47.8 Å². The molecule has 0 unspecified atom stereocenters. The Morgan fingerprint density at radius 1 is 0.638 bits per heavy atom. The highest BCUT2D eigenvalue weighted by molar-refractivity contribution is 9.11. The summed E-state index contributed by atoms with van der Waals surface area (Å²) >= 11 is 20.0. The molecule has 0 N–H and O–H groups in total. The number of fused-ring (bicyclic) bond motifs is 2. The second-order valence-corrected chi connectivity index (χ2v) is 17.8. The molecule has 6 aromatic carbocycles. The van der Waals surface area contributed by atoms with Crippen LogP contribution < -0.4 is 28.4 Å². The first-order valence-electron chi connectivity index (χ1n) is 20.4. The minimum Gasteiger partial charge on any atom is -0.497 e. The lowest BCUT2D eigenvalue weighted by Gasteiger charge is -2.10. The molecule has 13 nitrogen and oxygen atoms in total. The van der Waals surface area contributed by atoms with Gasteiger partial charge in [0.2, 0.25) is 11.8 Å². The van der Waals surface area contributed by atoms with Gasteiger partial charge < -0.3 is 28.4 Å². The van der Waals surface area contributed by atoms with E-state index in [0.29, 0.717) is 51.8 Å². The number of ether oxygens (including phenoxy) is 6. The largest absolute Gasteiger partial charge is 0.497 e. The molecule has 2 heterocycles. The number of nitro groups is 1. The molecule has 22 heteroatoms. The van der Waals surface area contributed by atoms with Gasteiger partial charge in [0.05, 0.1) is 65.9 Å². The van der Waals surface area contributed by atoms with Gasteiger partial charge in [0.25, 0.3) is 5.69 Å². The molecule has 69 heavy (non-hydrogen) atoms. The van der Waals surface area contributed by atoms with Gasteiger partial charge in [0.1, 0.15) is 56.2 Å². The van der Waals surface area contributed by atoms with E-state index in [2.05, 4.69) is 42.1 Å². The Morgan fingerprint density at radius 3 is 1.75 bits per heavy atom. The number of nitrogens with zero attached hydrogens (tertiary/aromatic N) is 5. The van der Waals surface area contributed by atoms with Crippen molar-refractivity contribution in [1.82, 2.24) is 19.6 Å². The summed E-state index contributed by atoms with van der Waals surface area (Å²) in [7, 11) is 1.55. The summed E-state index contributed by atoms with van der Waals surface area (Å²) in [6.07, 6.45) is 1.99. The van der Waals surface area contributed by atoms with Gasteiger partial charge in [-0.15, -0.1) is 22.0 Å². The van der Waals surface area contributed by atoms with Crippen molar-refractivity contribution >= 4 is 94.3 Å². The van der Waals surface area contributed by atoms with Gasteiger partial charge in [-0.1, -0.05) is 29.3 Å². The van der Waals surface area contributed by atoms with Crippen LogP contribution in [-0.2, 0) is 13.1 Å². The van der Waals surface area contributed by atoms with Crippen LogP contribution in [0.5, 0.6) is 34.8 Å². The molecule has 0 radical (unpaired) electrons. The monoisotopic (exact) mass is 1140 g/mol. The maximum atomic E-state index is 13.9. The number of halogens is 8. The fourth-order valence-corrected chi connectivity index (χ4v) is 8.44. The first-order chi connectivity index (χ1) is 33.2. The van der Waals surface area contributed by atoms with Gasteiger partial charge in [-0.05, 0) is 116 Å². The summed E-state index contributed by atoms with van der Waals surface area (Å²) in [6, 6.07) is 26.4. The summed E-state index contributed by atoms with van der Waals surface area (Å²) in [5, 5.41) is 22.4. The number of rotatable bonds is 19. The highest BCUT2D eigenvalue weighted by atomic mass is 79.9. The zero-order valence-electron chi connectivity index (χ0n) is 36.2. The Kier molecular flexibility index (Phi) is 17.4. The van der Waals surface area contributed by atoms with E-state index in [9.17, 15) is 27.7 Å². The van der Waals surface area contributed by atoms with Crippen LogP contribution in [0, 0.1) is 33.4 Å². The van der Waals surface area contributed by atoms with Crippen LogP contribution in [-0.4, -0.2) is 70.9 Å². The fraction of sp³-hybridized carbons (Fsp3) is 0.191. The highest BCUT2D eigenvalue weighted by Crippen LogP contribution is 2.34. The second kappa shape index (κ2) is 23.6. The number of thioether (sulfide) groups is 1. The predicted octanol–water partition coefficient (Wildman–Crippen LogP) is 13.1. The molecule has 0 atom stereocenters. The van der Waals surface area contributed by atoms with E-state index in [-0.39, 0.29) is 59.2 Å². The zero-order valence-corrected chi connectivity index (χ0v) is 41.7. The van der Waals surface area contributed by atoms with Gasteiger partial charge in [0, 0.05) is 29.2 Å². The summed E-state index contributed by atoms with van der Waals surface area (Å²) in [6.45, 7) is 1.29. The van der Waals surface area contributed by atoms with Crippen molar-refractivity contribution in [3.8, 4) is 34.8 Å². The highest BCUT2D eigenvalue weighted by Gasteiger charge is 2.18. The summed E-state index contributed by atoms with van der Waals surface area (Å²) < 4.78 is 91.8. The van der Waals surface area contributed by atoms with E-state index in [0.717, 1.165) is 51.1 Å². The molecule has 360 valence electrons. The Morgan fingerprint density at radius 2 is 1.19 bits per heavy atom. The number of non-ortho nitro benzene ring substituents is 1. The lowest BCUT2D eigenvalue weighted by Crippen LogP contribution is -2.12. The molecule has 0 saturated heterocycles. The zero-order chi connectivity index (χ0) is 49.2. The maximum Gasteiger partial charge on any atom is 0.269 e. The normalized spacial score (nSPS) is 11.0. The molecule has 0 bridgehead atoms. The minimum absolute atomic E-state index is 0.0112. The van der Waals surface area contributed by atoms with Gasteiger partial charge in [-0.2, -0.15) is 0 Å². The molecule has 0 saturated carbocycles. The minimum atomic E-state index is -0.825. The second-order valence-electron chi connectivity index (χ2n) is 14.4. The SMILES string of the molecule is COc1ccc2c(c1)c(OCCOc1c(F)cc(F)cc1Br)nn2CCOc1ccc([N+](=O)[O-])cc1.CSc1ccc2c(c1)c(OCCOc1c(F)cc(F)cc1Br)nn2Cc1ccc(Cl)c(Cl)c1. The van der Waals surface area contributed by atoms with E-state index in [1.165, 1.54) is 24.3 Å². The van der Waals surface area contributed by atoms with Crippen molar-refractivity contribution < 1.29 is 50.9 Å². The van der Waals surface area contributed by atoms with Crippen LogP contribution >= 0.6 is 66.8 Å². The molecule has 0 amide bonds. The summed E-state index contributed by atoms with van der Waals surface area (Å²) in [4.78, 5) is 11.4. The maximum absolute atomic E-state index is 13.9. The fourth-order valence-electron chi connectivity index (χ4n) is 6.64. The standard InChI is InChI=1S/C24H20BrF2N3O6.C23H17BrCl2F2N2O2S/c1-33-18-6-7-22-19(14-18)24(36-11-10-35-23-20(25)12-15(26)13-21(23)27)28-29(22)8-9-34-17-4-2-16(3-5-17)30(31)32;1-33-15-3-5-21-16(11-15)23(29-30(21)12-13-2-4-18(25)19(26)8-13)32-7-6-31-22-17(24)9-14(27)10-20(22)28/h2-7,12-14H,8-11H2,1H3;2-5,8-11H,6-7,12H2,1H3. The molecule has 0 aliphatic rings. The predicted molar refractivity (Wildman–Crippen MR) is 262 cm³/mol. The van der Waals surface area contributed by atoms with Gasteiger partial charge in [-0.25, -0.2) is 17.6 Å². The number of hydrogen-bond acceptors (Lipinski definition) is 11. The van der Waals surface area contributed by atoms with Crippen molar-refractivity contribution in [1.29, 1.82) is 0 Å². The summed E-state index contributed by atoms with van der Waals surface area (Å²) in [5.74, 6) is -1.34. The average Bonchev–Trinajstić information content (AvgIpc) is 3.85. The summed E-state index contributed by atoms with van der Waals surface area (Å²) in [5.41, 5.74) is 2.58. The Hall–Kier alpha value is -5.93. The van der Waals surface area contributed by atoms with E-state index < -0.39 is 28.2 Å².